The molecule has 1 atom stereocenters. The summed E-state index contributed by atoms with van der Waals surface area (Å²) in [5.41, 5.74) is 2.55. The van der Waals surface area contributed by atoms with Crippen molar-refractivity contribution in [3.05, 3.63) is 83.4 Å². The third-order valence-electron chi connectivity index (χ3n) is 4.09. The van der Waals surface area contributed by atoms with E-state index in [1.165, 1.54) is 14.2 Å². The van der Waals surface area contributed by atoms with Crippen molar-refractivity contribution in [2.75, 3.05) is 25.7 Å². The van der Waals surface area contributed by atoms with Gasteiger partial charge in [0.05, 0.1) is 5.69 Å². The predicted molar refractivity (Wildman–Crippen MR) is 113 cm³/mol. The average Bonchev–Trinajstić information content (AvgIpc) is 2.68. The van der Waals surface area contributed by atoms with Crippen LogP contribution in [0.25, 0.3) is 6.08 Å². The van der Waals surface area contributed by atoms with E-state index in [-0.39, 0.29) is 0 Å². The van der Waals surface area contributed by atoms with Crippen molar-refractivity contribution < 1.29 is 13.6 Å². The zero-order valence-corrected chi connectivity index (χ0v) is 17.4. The topological polar surface area (TPSA) is 38.8 Å². The minimum atomic E-state index is -3.51. The monoisotopic (exact) mass is 435 g/mol. The van der Waals surface area contributed by atoms with Crippen molar-refractivity contribution in [3.63, 3.8) is 0 Å². The van der Waals surface area contributed by atoms with Gasteiger partial charge >= 0.3 is 7.60 Å². The van der Waals surface area contributed by atoms with Crippen molar-refractivity contribution in [2.45, 2.75) is 5.78 Å². The van der Waals surface area contributed by atoms with Crippen molar-refractivity contribution in [1.29, 1.82) is 0 Å². The molecule has 0 radical (unpaired) electrons. The lowest BCUT2D eigenvalue weighted by molar-refractivity contribution is 0.264. The molecule has 0 aromatic heterocycles. The first-order chi connectivity index (χ1) is 12.5. The maximum absolute atomic E-state index is 13.6. The number of anilines is 1. The number of para-hydroxylation sites is 1. The quantitative estimate of drug-likeness (QED) is 0.343. The molecule has 6 heteroatoms. The van der Waals surface area contributed by atoms with Gasteiger partial charge < -0.3 is 13.9 Å². The normalized spacial score (nSPS) is 12.4. The maximum atomic E-state index is 13.6. The fourth-order valence-electron chi connectivity index (χ4n) is 2.87. The van der Waals surface area contributed by atoms with Crippen LogP contribution in [0.1, 0.15) is 16.9 Å². The fraction of sp³-hybridized carbons (Fsp3) is 0.200. The standard InChI is InChI=1S/C20H23BrNO3P/c1-5-15-22(19-14-10-9-13-18(19)21)20(26(23,24-3)25-4)17-12-8-7-11-16(17)6-2/h5-14,20H,1-2,15H2,3-4H3. The molecule has 26 heavy (non-hydrogen) atoms. The van der Waals surface area contributed by atoms with Crippen LogP contribution < -0.4 is 4.90 Å². The van der Waals surface area contributed by atoms with E-state index in [9.17, 15) is 4.57 Å². The lowest BCUT2D eigenvalue weighted by Gasteiger charge is -2.37. The second kappa shape index (κ2) is 9.33. The van der Waals surface area contributed by atoms with E-state index in [4.69, 9.17) is 9.05 Å². The molecule has 2 aromatic carbocycles. The highest BCUT2D eigenvalue weighted by molar-refractivity contribution is 9.10. The number of hydrogen-bond donors (Lipinski definition) is 0. The predicted octanol–water partition coefficient (Wildman–Crippen LogP) is 6.27. The Labute approximate surface area is 163 Å². The second-order valence-electron chi connectivity index (χ2n) is 5.50. The van der Waals surface area contributed by atoms with E-state index >= 15 is 0 Å². The Morgan fingerprint density at radius 1 is 1.12 bits per heavy atom. The summed E-state index contributed by atoms with van der Waals surface area (Å²) in [5, 5.41) is 0. The van der Waals surface area contributed by atoms with Crippen LogP contribution in [0.5, 0.6) is 0 Å². The summed E-state index contributed by atoms with van der Waals surface area (Å²) in [4.78, 5) is 1.97. The molecule has 0 N–H and O–H groups in total. The molecule has 0 saturated carbocycles. The number of nitrogens with zero attached hydrogens (tertiary/aromatic N) is 1. The van der Waals surface area contributed by atoms with E-state index in [1.54, 1.807) is 12.2 Å². The second-order valence-corrected chi connectivity index (χ2v) is 8.66. The Morgan fingerprint density at radius 2 is 1.73 bits per heavy atom. The average molecular weight is 436 g/mol. The van der Waals surface area contributed by atoms with Gasteiger partial charge in [-0.15, -0.1) is 6.58 Å². The largest absolute Gasteiger partial charge is 0.356 e. The van der Waals surface area contributed by atoms with Gasteiger partial charge in [-0.05, 0) is 39.2 Å². The van der Waals surface area contributed by atoms with Crippen LogP contribution in [0, 0.1) is 0 Å². The van der Waals surface area contributed by atoms with Crippen molar-refractivity contribution in [2.24, 2.45) is 0 Å². The number of rotatable bonds is 9. The molecule has 4 nitrogen and oxygen atoms in total. The molecule has 138 valence electrons. The zero-order valence-electron chi connectivity index (χ0n) is 15.0. The Hall–Kier alpha value is -1.65. The first-order valence-corrected chi connectivity index (χ1v) is 10.5. The summed E-state index contributed by atoms with van der Waals surface area (Å²) >= 11 is 3.59. The van der Waals surface area contributed by atoms with E-state index in [0.29, 0.717) is 6.54 Å². The number of benzene rings is 2. The molecule has 0 aliphatic heterocycles. The third kappa shape index (κ3) is 4.18. The van der Waals surface area contributed by atoms with Gasteiger partial charge in [-0.25, -0.2) is 0 Å². The van der Waals surface area contributed by atoms with Crippen LogP contribution >= 0.6 is 23.5 Å². The highest BCUT2D eigenvalue weighted by Gasteiger charge is 2.41. The van der Waals surface area contributed by atoms with Crippen LogP contribution in [0.2, 0.25) is 0 Å². The molecule has 0 heterocycles. The minimum absolute atomic E-state index is 0.454. The molecular formula is C20H23BrNO3P. The van der Waals surface area contributed by atoms with Gasteiger partial charge in [0.15, 0.2) is 5.78 Å². The molecule has 1 unspecified atom stereocenters. The summed E-state index contributed by atoms with van der Waals surface area (Å²) in [7, 11) is -0.710. The van der Waals surface area contributed by atoms with Gasteiger partial charge in [0.2, 0.25) is 0 Å². The first-order valence-electron chi connectivity index (χ1n) is 8.07. The highest BCUT2D eigenvalue weighted by Crippen LogP contribution is 2.62. The molecular weight excluding hydrogens is 413 g/mol. The molecule has 0 amide bonds. The summed E-state index contributed by atoms with van der Waals surface area (Å²) in [6.45, 7) is 8.20. The number of halogens is 1. The van der Waals surface area contributed by atoms with Gasteiger partial charge in [0, 0.05) is 25.2 Å². The van der Waals surface area contributed by atoms with Crippen LogP contribution in [0.3, 0.4) is 0 Å². The zero-order chi connectivity index (χ0) is 19.2. The van der Waals surface area contributed by atoms with Gasteiger partial charge in [0.25, 0.3) is 0 Å². The van der Waals surface area contributed by atoms with Gasteiger partial charge in [-0.3, -0.25) is 4.57 Å². The molecule has 0 aliphatic rings. The van der Waals surface area contributed by atoms with E-state index < -0.39 is 13.4 Å². The summed E-state index contributed by atoms with van der Waals surface area (Å²) in [5.74, 6) is -0.664. The van der Waals surface area contributed by atoms with Gasteiger partial charge in [0.1, 0.15) is 0 Å². The maximum Gasteiger partial charge on any atom is 0.356 e. The highest BCUT2D eigenvalue weighted by atomic mass is 79.9. The lowest BCUT2D eigenvalue weighted by atomic mass is 10.1. The van der Waals surface area contributed by atoms with Crippen molar-refractivity contribution in [3.8, 4) is 0 Å². The third-order valence-corrected chi connectivity index (χ3v) is 6.93. The molecule has 2 aromatic rings. The molecule has 0 spiro atoms. The molecule has 0 fully saturated rings. The smallest absolute Gasteiger partial charge is 0.349 e. The summed E-state index contributed by atoms with van der Waals surface area (Å²) < 4.78 is 25.2. The van der Waals surface area contributed by atoms with E-state index in [0.717, 1.165) is 21.3 Å². The molecule has 0 aliphatic carbocycles. The van der Waals surface area contributed by atoms with Crippen LogP contribution in [0.4, 0.5) is 5.69 Å². The van der Waals surface area contributed by atoms with Crippen molar-refractivity contribution >= 4 is 35.3 Å². The van der Waals surface area contributed by atoms with Gasteiger partial charge in [-0.2, -0.15) is 0 Å². The van der Waals surface area contributed by atoms with Crippen molar-refractivity contribution in [1.82, 2.24) is 0 Å². The Kier molecular flexibility index (Phi) is 7.42. The minimum Gasteiger partial charge on any atom is -0.349 e. The summed E-state index contributed by atoms with van der Waals surface area (Å²) in [6.07, 6.45) is 3.50. The molecule has 2 rings (SSSR count). The fourth-order valence-corrected chi connectivity index (χ4v) is 5.07. The molecule has 0 saturated heterocycles. The lowest BCUT2D eigenvalue weighted by Crippen LogP contribution is -2.30. The first kappa shape index (κ1) is 20.7. The molecule has 0 bridgehead atoms. The van der Waals surface area contributed by atoms with Crippen LogP contribution in [-0.2, 0) is 13.6 Å². The SMILES string of the molecule is C=CCN(c1ccccc1Br)C(c1ccccc1C=C)P(=O)(OC)OC. The van der Waals surface area contributed by atoms with E-state index in [2.05, 4.69) is 29.1 Å². The van der Waals surface area contributed by atoms with Gasteiger partial charge in [-0.1, -0.05) is 55.1 Å². The Balaban J connectivity index is 2.76. The Morgan fingerprint density at radius 3 is 2.31 bits per heavy atom. The summed E-state index contributed by atoms with van der Waals surface area (Å²) in [6, 6.07) is 15.4. The van der Waals surface area contributed by atoms with Crippen LogP contribution in [-0.4, -0.2) is 20.8 Å². The van der Waals surface area contributed by atoms with E-state index in [1.807, 2.05) is 53.4 Å². The Bertz CT molecular complexity index is 816. The van der Waals surface area contributed by atoms with Crippen LogP contribution in [0.15, 0.2) is 72.2 Å². The number of hydrogen-bond acceptors (Lipinski definition) is 4.